The zero-order valence-electron chi connectivity index (χ0n) is 14.7. The minimum absolute atomic E-state index is 0.333. The van der Waals surface area contributed by atoms with Gasteiger partial charge in [-0.25, -0.2) is 0 Å². The molecule has 5 nitrogen and oxygen atoms in total. The van der Waals surface area contributed by atoms with Crippen LogP contribution in [-0.4, -0.2) is 56.7 Å². The number of benzene rings is 1. The van der Waals surface area contributed by atoms with Crippen molar-refractivity contribution < 1.29 is 9.53 Å². The minimum atomic E-state index is 0.333. The molecule has 0 saturated carbocycles. The van der Waals surface area contributed by atoms with Crippen LogP contribution in [0.5, 0.6) is 5.75 Å². The molecule has 0 aliphatic carbocycles. The molecule has 2 aliphatic heterocycles. The van der Waals surface area contributed by atoms with Gasteiger partial charge in [0.05, 0.1) is 12.3 Å². The first-order chi connectivity index (χ1) is 11.8. The van der Waals surface area contributed by atoms with Gasteiger partial charge >= 0.3 is 0 Å². The highest BCUT2D eigenvalue weighted by Gasteiger charge is 2.25. The van der Waals surface area contributed by atoms with Crippen LogP contribution in [0.15, 0.2) is 24.3 Å². The van der Waals surface area contributed by atoms with Crippen molar-refractivity contribution in [2.75, 3.05) is 50.8 Å². The number of carbonyl (C=O) groups is 1. The van der Waals surface area contributed by atoms with E-state index in [1.807, 2.05) is 30.0 Å². The molecule has 1 amide bonds. The summed E-state index contributed by atoms with van der Waals surface area (Å²) >= 11 is 0. The standard InChI is InChI=1S/C19H29N3O2/c1-2-24-18-6-4-3-5-17(18)21-11-13-22(14-12-21)19(23)15-16-7-9-20-10-8-16/h3-6,16,20H,2,7-15H2,1H3. The molecule has 3 rings (SSSR count). The highest BCUT2D eigenvalue weighted by molar-refractivity contribution is 5.77. The molecule has 5 heteroatoms. The molecule has 132 valence electrons. The number of rotatable bonds is 5. The van der Waals surface area contributed by atoms with Crippen LogP contribution in [0.4, 0.5) is 5.69 Å². The van der Waals surface area contributed by atoms with Gasteiger partial charge in [0.15, 0.2) is 0 Å². The molecule has 0 spiro atoms. The summed E-state index contributed by atoms with van der Waals surface area (Å²) in [7, 11) is 0. The highest BCUT2D eigenvalue weighted by Crippen LogP contribution is 2.29. The van der Waals surface area contributed by atoms with Crippen LogP contribution >= 0.6 is 0 Å². The van der Waals surface area contributed by atoms with Crippen LogP contribution in [-0.2, 0) is 4.79 Å². The predicted octanol–water partition coefficient (Wildman–Crippen LogP) is 2.12. The van der Waals surface area contributed by atoms with Gasteiger partial charge in [0, 0.05) is 32.6 Å². The van der Waals surface area contributed by atoms with Gasteiger partial charge in [-0.3, -0.25) is 4.79 Å². The zero-order valence-corrected chi connectivity index (χ0v) is 14.7. The van der Waals surface area contributed by atoms with E-state index in [9.17, 15) is 4.79 Å². The molecule has 24 heavy (non-hydrogen) atoms. The van der Waals surface area contributed by atoms with Gasteiger partial charge in [-0.05, 0) is 50.9 Å². The first kappa shape index (κ1) is 17.1. The van der Waals surface area contributed by atoms with Crippen molar-refractivity contribution in [3.63, 3.8) is 0 Å². The van der Waals surface area contributed by atoms with E-state index in [-0.39, 0.29) is 0 Å². The summed E-state index contributed by atoms with van der Waals surface area (Å²) in [6.07, 6.45) is 2.98. The Morgan fingerprint density at radius 2 is 1.88 bits per heavy atom. The molecule has 0 radical (unpaired) electrons. The SMILES string of the molecule is CCOc1ccccc1N1CCN(C(=O)CC2CCNCC2)CC1. The van der Waals surface area contributed by atoms with Gasteiger partial charge < -0.3 is 19.9 Å². The second kappa shape index (κ2) is 8.38. The van der Waals surface area contributed by atoms with Crippen LogP contribution in [0.1, 0.15) is 26.2 Å². The third-order valence-corrected chi connectivity index (χ3v) is 5.06. The molecule has 0 aromatic heterocycles. The fourth-order valence-corrected chi connectivity index (χ4v) is 3.65. The number of anilines is 1. The van der Waals surface area contributed by atoms with Gasteiger partial charge in [-0.15, -0.1) is 0 Å². The zero-order chi connectivity index (χ0) is 16.8. The van der Waals surface area contributed by atoms with Gasteiger partial charge in [0.25, 0.3) is 0 Å². The molecular formula is C19H29N3O2. The van der Waals surface area contributed by atoms with Crippen LogP contribution in [0.25, 0.3) is 0 Å². The maximum Gasteiger partial charge on any atom is 0.222 e. The second-order valence-corrected chi connectivity index (χ2v) is 6.67. The lowest BCUT2D eigenvalue weighted by molar-refractivity contribution is -0.132. The average Bonchev–Trinajstić information content (AvgIpc) is 2.63. The predicted molar refractivity (Wildman–Crippen MR) is 96.6 cm³/mol. The number of para-hydroxylation sites is 2. The quantitative estimate of drug-likeness (QED) is 0.898. The van der Waals surface area contributed by atoms with Gasteiger partial charge in [-0.2, -0.15) is 0 Å². The smallest absolute Gasteiger partial charge is 0.222 e. The lowest BCUT2D eigenvalue weighted by Crippen LogP contribution is -2.49. The summed E-state index contributed by atoms with van der Waals surface area (Å²) < 4.78 is 5.74. The largest absolute Gasteiger partial charge is 0.492 e. The van der Waals surface area contributed by atoms with E-state index in [2.05, 4.69) is 16.3 Å². The van der Waals surface area contributed by atoms with Gasteiger partial charge in [0.1, 0.15) is 5.75 Å². The Morgan fingerprint density at radius 1 is 1.17 bits per heavy atom. The third-order valence-electron chi connectivity index (χ3n) is 5.06. The van der Waals surface area contributed by atoms with Gasteiger partial charge in [-0.1, -0.05) is 12.1 Å². The van der Waals surface area contributed by atoms with Crippen molar-refractivity contribution in [3.8, 4) is 5.75 Å². The van der Waals surface area contributed by atoms with E-state index < -0.39 is 0 Å². The van der Waals surface area contributed by atoms with Crippen molar-refractivity contribution in [2.45, 2.75) is 26.2 Å². The molecule has 2 saturated heterocycles. The van der Waals surface area contributed by atoms with Crippen LogP contribution in [0.3, 0.4) is 0 Å². The number of nitrogens with zero attached hydrogens (tertiary/aromatic N) is 2. The summed E-state index contributed by atoms with van der Waals surface area (Å²) in [5, 5.41) is 3.36. The number of amides is 1. The number of hydrogen-bond donors (Lipinski definition) is 1. The number of nitrogens with one attached hydrogen (secondary N) is 1. The average molecular weight is 331 g/mol. The summed E-state index contributed by atoms with van der Waals surface area (Å²) in [6.45, 7) is 8.17. The first-order valence-corrected chi connectivity index (χ1v) is 9.23. The summed E-state index contributed by atoms with van der Waals surface area (Å²) in [6, 6.07) is 8.19. The second-order valence-electron chi connectivity index (χ2n) is 6.67. The Hall–Kier alpha value is -1.75. The molecule has 2 aliphatic rings. The number of piperazine rings is 1. The Labute approximate surface area is 145 Å². The Balaban J connectivity index is 1.53. The third kappa shape index (κ3) is 4.20. The summed E-state index contributed by atoms with van der Waals surface area (Å²) in [5.41, 5.74) is 1.14. The molecule has 1 aromatic carbocycles. The van der Waals surface area contributed by atoms with E-state index in [4.69, 9.17) is 4.74 Å². The first-order valence-electron chi connectivity index (χ1n) is 9.23. The van der Waals surface area contributed by atoms with Crippen molar-refractivity contribution >= 4 is 11.6 Å². The fraction of sp³-hybridized carbons (Fsp3) is 0.632. The van der Waals surface area contributed by atoms with Crippen molar-refractivity contribution in [1.82, 2.24) is 10.2 Å². The van der Waals surface area contributed by atoms with E-state index in [1.54, 1.807) is 0 Å². The Kier molecular flexibility index (Phi) is 5.96. The van der Waals surface area contributed by atoms with Crippen LogP contribution in [0.2, 0.25) is 0 Å². The topological polar surface area (TPSA) is 44.8 Å². The number of ether oxygens (including phenoxy) is 1. The molecule has 0 atom stereocenters. The van der Waals surface area contributed by atoms with Crippen molar-refractivity contribution in [1.29, 1.82) is 0 Å². The van der Waals surface area contributed by atoms with E-state index >= 15 is 0 Å². The van der Waals surface area contributed by atoms with E-state index in [0.29, 0.717) is 18.4 Å². The minimum Gasteiger partial charge on any atom is -0.492 e. The molecule has 1 N–H and O–H groups in total. The number of carbonyl (C=O) groups excluding carboxylic acids is 1. The summed E-state index contributed by atoms with van der Waals surface area (Å²) in [4.78, 5) is 16.9. The lowest BCUT2D eigenvalue weighted by Gasteiger charge is -2.37. The molecule has 1 aromatic rings. The van der Waals surface area contributed by atoms with Crippen molar-refractivity contribution in [2.24, 2.45) is 5.92 Å². The maximum atomic E-state index is 12.5. The number of piperidine rings is 1. The monoisotopic (exact) mass is 331 g/mol. The normalized spacial score (nSPS) is 19.4. The van der Waals surface area contributed by atoms with Crippen molar-refractivity contribution in [3.05, 3.63) is 24.3 Å². The maximum absolute atomic E-state index is 12.5. The molecule has 0 unspecified atom stereocenters. The lowest BCUT2D eigenvalue weighted by atomic mass is 9.94. The molecular weight excluding hydrogens is 302 g/mol. The molecule has 2 fully saturated rings. The van der Waals surface area contributed by atoms with Crippen LogP contribution < -0.4 is 15.0 Å². The summed E-state index contributed by atoms with van der Waals surface area (Å²) in [5.74, 6) is 1.84. The molecule has 2 heterocycles. The Morgan fingerprint density at radius 3 is 2.58 bits per heavy atom. The van der Waals surface area contributed by atoms with E-state index in [0.717, 1.165) is 70.0 Å². The highest BCUT2D eigenvalue weighted by atomic mass is 16.5. The van der Waals surface area contributed by atoms with Gasteiger partial charge in [0.2, 0.25) is 5.91 Å². The van der Waals surface area contributed by atoms with E-state index in [1.165, 1.54) is 0 Å². The Bertz CT molecular complexity index is 535. The fourth-order valence-electron chi connectivity index (χ4n) is 3.65. The molecule has 0 bridgehead atoms. The number of hydrogen-bond acceptors (Lipinski definition) is 4. The van der Waals surface area contributed by atoms with Crippen LogP contribution in [0, 0.1) is 5.92 Å².